The molecule has 1 heterocycles. The summed E-state index contributed by atoms with van der Waals surface area (Å²) in [5.41, 5.74) is 1.83. The number of nitrogens with zero attached hydrogens (tertiary/aromatic N) is 1. The smallest absolute Gasteiger partial charge is 0.112 e. The highest BCUT2D eigenvalue weighted by Gasteiger charge is 1.97. The Bertz CT molecular complexity index is 529. The first-order chi connectivity index (χ1) is 7.27. The molecule has 0 saturated heterocycles. The van der Waals surface area contributed by atoms with Gasteiger partial charge in [0.15, 0.2) is 0 Å². The lowest BCUT2D eigenvalue weighted by Crippen LogP contribution is -1.93. The minimum absolute atomic E-state index is 0.600. The Kier molecular flexibility index (Phi) is 2.66. The molecule has 2 heteroatoms. The average Bonchev–Trinajstić information content (AvgIpc) is 2.26. The number of benzene rings is 1. The number of fused-ring (bicyclic) bond motifs is 1. The van der Waals surface area contributed by atoms with Gasteiger partial charge in [0.05, 0.1) is 5.52 Å². The molecule has 0 fully saturated rings. The normalized spacial score (nSPS) is 11.9. The van der Waals surface area contributed by atoms with Crippen LogP contribution in [0.1, 0.15) is 12.5 Å². The van der Waals surface area contributed by atoms with Crippen molar-refractivity contribution in [2.24, 2.45) is 0 Å². The van der Waals surface area contributed by atoms with Crippen molar-refractivity contribution in [1.29, 1.82) is 0 Å². The fraction of sp³-hybridized carbons (Fsp3) is 0.154. The molecule has 2 nitrogen and oxygen atoms in total. The number of hydrogen-bond acceptors (Lipinski definition) is 2. The molecule has 15 heavy (non-hydrogen) atoms. The summed E-state index contributed by atoms with van der Waals surface area (Å²) in [5, 5.41) is 10.1. The monoisotopic (exact) mass is 197 g/mol. The van der Waals surface area contributed by atoms with Gasteiger partial charge in [-0.2, -0.15) is 0 Å². The van der Waals surface area contributed by atoms with Crippen molar-refractivity contribution in [3.63, 3.8) is 0 Å². The van der Waals surface area contributed by atoms with Gasteiger partial charge in [-0.05, 0) is 25.1 Å². The van der Waals surface area contributed by atoms with Crippen molar-refractivity contribution in [3.05, 3.63) is 42.1 Å². The van der Waals surface area contributed by atoms with Crippen molar-refractivity contribution in [2.45, 2.75) is 13.0 Å². The van der Waals surface area contributed by atoms with E-state index in [9.17, 15) is 0 Å². The first-order valence-electron chi connectivity index (χ1n) is 4.81. The van der Waals surface area contributed by atoms with E-state index in [0.29, 0.717) is 0 Å². The third kappa shape index (κ3) is 2.15. The van der Waals surface area contributed by atoms with Gasteiger partial charge in [-0.15, -0.1) is 0 Å². The summed E-state index contributed by atoms with van der Waals surface area (Å²) in [5.74, 6) is 5.68. The van der Waals surface area contributed by atoms with E-state index in [4.69, 9.17) is 5.11 Å². The van der Waals surface area contributed by atoms with E-state index in [1.165, 1.54) is 0 Å². The van der Waals surface area contributed by atoms with E-state index in [1.54, 1.807) is 13.1 Å². The molecule has 1 N–H and O–H groups in total. The van der Waals surface area contributed by atoms with E-state index in [0.717, 1.165) is 16.5 Å². The molecule has 1 aromatic heterocycles. The highest BCUT2D eigenvalue weighted by Crippen LogP contribution is 2.14. The van der Waals surface area contributed by atoms with E-state index in [2.05, 4.69) is 16.8 Å². The Morgan fingerprint density at radius 3 is 2.93 bits per heavy atom. The fourth-order valence-corrected chi connectivity index (χ4v) is 1.39. The van der Waals surface area contributed by atoms with Crippen LogP contribution in [0.15, 0.2) is 36.5 Å². The van der Waals surface area contributed by atoms with Crippen LogP contribution in [-0.2, 0) is 0 Å². The number of pyridine rings is 1. The largest absolute Gasteiger partial charge is 0.381 e. The van der Waals surface area contributed by atoms with Crippen molar-refractivity contribution >= 4 is 10.9 Å². The van der Waals surface area contributed by atoms with Crippen LogP contribution in [0.25, 0.3) is 10.9 Å². The van der Waals surface area contributed by atoms with Crippen LogP contribution in [0, 0.1) is 11.8 Å². The maximum Gasteiger partial charge on any atom is 0.112 e. The Morgan fingerprint density at radius 2 is 2.13 bits per heavy atom. The summed E-state index contributed by atoms with van der Waals surface area (Å²) in [6.07, 6.45) is 1.16. The summed E-state index contributed by atoms with van der Waals surface area (Å²) in [4.78, 5) is 4.24. The van der Waals surface area contributed by atoms with Gasteiger partial charge >= 0.3 is 0 Å². The molecule has 0 bridgehead atoms. The molecule has 74 valence electrons. The second-order valence-electron chi connectivity index (χ2n) is 3.32. The number of aliphatic hydroxyl groups excluding tert-OH is 1. The minimum Gasteiger partial charge on any atom is -0.381 e. The van der Waals surface area contributed by atoms with Gasteiger partial charge < -0.3 is 5.11 Å². The zero-order chi connectivity index (χ0) is 10.7. The SMILES string of the molecule is C[C@H](O)C#Cc1cccc2ncccc12. The van der Waals surface area contributed by atoms with Gasteiger partial charge in [-0.1, -0.05) is 24.0 Å². The molecule has 1 atom stereocenters. The van der Waals surface area contributed by atoms with E-state index >= 15 is 0 Å². The minimum atomic E-state index is -0.600. The van der Waals surface area contributed by atoms with Crippen LogP contribution >= 0.6 is 0 Å². The van der Waals surface area contributed by atoms with Crippen LogP contribution < -0.4 is 0 Å². The summed E-state index contributed by atoms with van der Waals surface area (Å²) in [7, 11) is 0. The van der Waals surface area contributed by atoms with Gasteiger partial charge in [0.1, 0.15) is 6.10 Å². The molecule has 0 aliphatic rings. The number of hydrogen-bond donors (Lipinski definition) is 1. The van der Waals surface area contributed by atoms with Gasteiger partial charge in [0.2, 0.25) is 0 Å². The summed E-state index contributed by atoms with van der Waals surface area (Å²) >= 11 is 0. The Morgan fingerprint density at radius 1 is 1.27 bits per heavy atom. The molecule has 0 unspecified atom stereocenters. The van der Waals surface area contributed by atoms with Crippen LogP contribution in [0.4, 0.5) is 0 Å². The molecule has 0 spiro atoms. The molecular formula is C13H11NO. The van der Waals surface area contributed by atoms with Crippen LogP contribution in [0.5, 0.6) is 0 Å². The summed E-state index contributed by atoms with van der Waals surface area (Å²) in [6, 6.07) is 9.66. The van der Waals surface area contributed by atoms with Gasteiger partial charge in [0.25, 0.3) is 0 Å². The molecule has 2 aromatic rings. The average molecular weight is 197 g/mol. The van der Waals surface area contributed by atoms with Gasteiger partial charge in [-0.25, -0.2) is 0 Å². The first kappa shape index (κ1) is 9.70. The molecule has 0 amide bonds. The van der Waals surface area contributed by atoms with Crippen molar-refractivity contribution in [1.82, 2.24) is 4.98 Å². The highest BCUT2D eigenvalue weighted by molar-refractivity contribution is 5.84. The number of rotatable bonds is 0. The molecular weight excluding hydrogens is 186 g/mol. The molecule has 2 rings (SSSR count). The lowest BCUT2D eigenvalue weighted by Gasteiger charge is -1.98. The fourth-order valence-electron chi connectivity index (χ4n) is 1.39. The van der Waals surface area contributed by atoms with Crippen LogP contribution in [-0.4, -0.2) is 16.2 Å². The predicted molar refractivity (Wildman–Crippen MR) is 60.3 cm³/mol. The second-order valence-corrected chi connectivity index (χ2v) is 3.32. The molecule has 0 radical (unpaired) electrons. The summed E-state index contributed by atoms with van der Waals surface area (Å²) in [6.45, 7) is 1.65. The Labute approximate surface area is 88.6 Å². The molecule has 0 aliphatic carbocycles. The molecule has 0 aliphatic heterocycles. The van der Waals surface area contributed by atoms with Crippen molar-refractivity contribution in [3.8, 4) is 11.8 Å². The predicted octanol–water partition coefficient (Wildman–Crippen LogP) is 1.97. The van der Waals surface area contributed by atoms with Crippen molar-refractivity contribution in [2.75, 3.05) is 0 Å². The standard InChI is InChI=1S/C13H11NO/c1-10(15)7-8-11-4-2-6-13-12(11)5-3-9-14-13/h2-6,9-10,15H,1H3/t10-/m0/s1. The second kappa shape index (κ2) is 4.12. The quantitative estimate of drug-likeness (QED) is 0.655. The molecule has 1 aromatic carbocycles. The first-order valence-corrected chi connectivity index (χ1v) is 4.81. The molecule has 0 saturated carbocycles. The summed E-state index contributed by atoms with van der Waals surface area (Å²) < 4.78 is 0. The topological polar surface area (TPSA) is 33.1 Å². The zero-order valence-electron chi connectivity index (χ0n) is 8.44. The lowest BCUT2D eigenvalue weighted by atomic mass is 10.1. The third-order valence-corrected chi connectivity index (χ3v) is 2.06. The maximum absolute atomic E-state index is 9.10. The zero-order valence-corrected chi connectivity index (χ0v) is 8.44. The van der Waals surface area contributed by atoms with E-state index < -0.39 is 6.10 Å². The van der Waals surface area contributed by atoms with Gasteiger partial charge in [-0.3, -0.25) is 4.98 Å². The van der Waals surface area contributed by atoms with Crippen LogP contribution in [0.3, 0.4) is 0 Å². The Balaban J connectivity index is 2.58. The number of aromatic nitrogens is 1. The van der Waals surface area contributed by atoms with Crippen molar-refractivity contribution < 1.29 is 5.11 Å². The Hall–Kier alpha value is -1.85. The lowest BCUT2D eigenvalue weighted by molar-refractivity contribution is 0.253. The van der Waals surface area contributed by atoms with E-state index in [1.807, 2.05) is 30.3 Å². The third-order valence-electron chi connectivity index (χ3n) is 2.06. The van der Waals surface area contributed by atoms with E-state index in [-0.39, 0.29) is 0 Å². The number of aliphatic hydroxyl groups is 1. The van der Waals surface area contributed by atoms with Gasteiger partial charge in [0, 0.05) is 17.1 Å². The highest BCUT2D eigenvalue weighted by atomic mass is 16.3. The van der Waals surface area contributed by atoms with Crippen LogP contribution in [0.2, 0.25) is 0 Å². The maximum atomic E-state index is 9.10.